The summed E-state index contributed by atoms with van der Waals surface area (Å²) in [5.74, 6) is 0. The highest BCUT2D eigenvalue weighted by Crippen LogP contribution is 2.48. The standard InChI is InChI=1S/C12H7I.ClH/c13-11-7-3-6-10-8-4-1-2-5-9(8)12(10)11;/h1-7H;1H. The fourth-order valence-electron chi connectivity index (χ4n) is 1.90. The largest absolute Gasteiger partial charge is 0.147 e. The van der Waals surface area contributed by atoms with Crippen molar-refractivity contribution in [3.63, 3.8) is 0 Å². The van der Waals surface area contributed by atoms with Crippen molar-refractivity contribution in [1.82, 2.24) is 0 Å². The molecule has 0 heterocycles. The van der Waals surface area contributed by atoms with Crippen molar-refractivity contribution in [2.45, 2.75) is 0 Å². The first-order valence-electron chi connectivity index (χ1n) is 4.26. The molecule has 0 nitrogen and oxygen atoms in total. The maximum Gasteiger partial charge on any atom is 0.0215 e. The summed E-state index contributed by atoms with van der Waals surface area (Å²) in [7, 11) is 0. The van der Waals surface area contributed by atoms with Crippen LogP contribution in [0.5, 0.6) is 0 Å². The van der Waals surface area contributed by atoms with Crippen molar-refractivity contribution in [1.29, 1.82) is 0 Å². The van der Waals surface area contributed by atoms with E-state index in [1.165, 1.54) is 25.8 Å². The van der Waals surface area contributed by atoms with E-state index in [2.05, 4.69) is 65.1 Å². The first kappa shape index (κ1) is 9.99. The molecular weight excluding hydrogens is 306 g/mol. The first-order chi connectivity index (χ1) is 6.38. The molecule has 0 saturated heterocycles. The van der Waals surface area contributed by atoms with Gasteiger partial charge in [0.05, 0.1) is 0 Å². The Bertz CT molecular complexity index is 491. The fourth-order valence-corrected chi connectivity index (χ4v) is 2.68. The molecule has 0 radical (unpaired) electrons. The molecule has 0 bridgehead atoms. The molecule has 1 aliphatic rings. The van der Waals surface area contributed by atoms with Crippen LogP contribution in [0.25, 0.3) is 22.3 Å². The zero-order chi connectivity index (χ0) is 8.84. The second-order valence-corrected chi connectivity index (χ2v) is 4.37. The number of hydrogen-bond donors (Lipinski definition) is 0. The molecule has 0 atom stereocenters. The number of hydrogen-bond acceptors (Lipinski definition) is 0. The third-order valence-corrected chi connectivity index (χ3v) is 3.40. The van der Waals surface area contributed by atoms with Crippen LogP contribution in [0.4, 0.5) is 0 Å². The van der Waals surface area contributed by atoms with Crippen LogP contribution in [0.2, 0.25) is 0 Å². The summed E-state index contributed by atoms with van der Waals surface area (Å²) in [6.07, 6.45) is 0. The normalized spacial score (nSPS) is 10.6. The third kappa shape index (κ3) is 1.19. The van der Waals surface area contributed by atoms with Gasteiger partial charge in [0.15, 0.2) is 0 Å². The summed E-state index contributed by atoms with van der Waals surface area (Å²) in [5, 5.41) is 0. The monoisotopic (exact) mass is 314 g/mol. The van der Waals surface area contributed by atoms with Crippen molar-refractivity contribution in [3.05, 3.63) is 46.0 Å². The van der Waals surface area contributed by atoms with Crippen molar-refractivity contribution in [3.8, 4) is 22.3 Å². The predicted octanol–water partition coefficient (Wildman–Crippen LogP) is 4.36. The van der Waals surface area contributed by atoms with Gasteiger partial charge in [-0.05, 0) is 45.3 Å². The molecule has 0 aromatic heterocycles. The average Bonchev–Trinajstić information content (AvgIpc) is 2.14. The fraction of sp³-hybridized carbons (Fsp3) is 0. The van der Waals surface area contributed by atoms with E-state index in [-0.39, 0.29) is 12.4 Å². The molecule has 0 unspecified atom stereocenters. The maximum atomic E-state index is 2.40. The van der Waals surface area contributed by atoms with E-state index in [4.69, 9.17) is 0 Å². The molecule has 0 N–H and O–H groups in total. The van der Waals surface area contributed by atoms with Crippen molar-refractivity contribution in [2.75, 3.05) is 0 Å². The van der Waals surface area contributed by atoms with Crippen molar-refractivity contribution in [2.24, 2.45) is 0 Å². The van der Waals surface area contributed by atoms with Gasteiger partial charge in [-0.1, -0.05) is 36.4 Å². The van der Waals surface area contributed by atoms with E-state index < -0.39 is 0 Å². The Kier molecular flexibility index (Phi) is 2.54. The Labute approximate surface area is 103 Å². The molecule has 2 heteroatoms. The molecule has 1 aliphatic carbocycles. The summed E-state index contributed by atoms with van der Waals surface area (Å²) in [4.78, 5) is 0. The second kappa shape index (κ2) is 3.55. The lowest BCUT2D eigenvalue weighted by atomic mass is 9.81. The van der Waals surface area contributed by atoms with Crippen LogP contribution < -0.4 is 0 Å². The van der Waals surface area contributed by atoms with Gasteiger partial charge in [0.1, 0.15) is 0 Å². The molecule has 70 valence electrons. The maximum absolute atomic E-state index is 2.40. The molecule has 2 aromatic carbocycles. The van der Waals surface area contributed by atoms with Gasteiger partial charge in [-0.25, -0.2) is 0 Å². The Hall–Kier alpha value is -0.540. The van der Waals surface area contributed by atoms with Crippen LogP contribution >= 0.6 is 35.0 Å². The summed E-state index contributed by atoms with van der Waals surface area (Å²) < 4.78 is 1.36. The molecular formula is C12H8ClI. The molecule has 3 rings (SSSR count). The number of halogens is 2. The first-order valence-corrected chi connectivity index (χ1v) is 5.34. The van der Waals surface area contributed by atoms with E-state index in [0.717, 1.165) is 0 Å². The van der Waals surface area contributed by atoms with E-state index in [9.17, 15) is 0 Å². The van der Waals surface area contributed by atoms with Gasteiger partial charge in [-0.15, -0.1) is 12.4 Å². The van der Waals surface area contributed by atoms with Gasteiger partial charge < -0.3 is 0 Å². The lowest BCUT2D eigenvalue weighted by molar-refractivity contribution is 1.49. The quantitative estimate of drug-likeness (QED) is 0.541. The summed E-state index contributed by atoms with van der Waals surface area (Å²) in [6.45, 7) is 0. The van der Waals surface area contributed by atoms with Crippen LogP contribution in [0.3, 0.4) is 0 Å². The molecule has 0 amide bonds. The van der Waals surface area contributed by atoms with Gasteiger partial charge in [0, 0.05) is 9.13 Å². The topological polar surface area (TPSA) is 0 Å². The average molecular weight is 315 g/mol. The molecule has 0 spiro atoms. The van der Waals surface area contributed by atoms with E-state index in [0.29, 0.717) is 0 Å². The van der Waals surface area contributed by atoms with Gasteiger partial charge in [0.25, 0.3) is 0 Å². The number of rotatable bonds is 0. The van der Waals surface area contributed by atoms with Gasteiger partial charge in [0.2, 0.25) is 0 Å². The van der Waals surface area contributed by atoms with Crippen molar-refractivity contribution < 1.29 is 0 Å². The number of fused-ring (bicyclic) bond motifs is 4. The highest BCUT2D eigenvalue weighted by molar-refractivity contribution is 14.1. The van der Waals surface area contributed by atoms with Gasteiger partial charge >= 0.3 is 0 Å². The Balaban J connectivity index is 0.000000750. The number of benzene rings is 2. The Morgan fingerprint density at radius 1 is 0.714 bits per heavy atom. The van der Waals surface area contributed by atoms with Crippen LogP contribution in [0, 0.1) is 3.57 Å². The smallest absolute Gasteiger partial charge is 0.0215 e. The van der Waals surface area contributed by atoms with Crippen LogP contribution in [0.1, 0.15) is 0 Å². The summed E-state index contributed by atoms with van der Waals surface area (Å²) in [6, 6.07) is 15.1. The lowest BCUT2D eigenvalue weighted by Crippen LogP contribution is -1.99. The van der Waals surface area contributed by atoms with E-state index >= 15 is 0 Å². The van der Waals surface area contributed by atoms with E-state index in [1.54, 1.807) is 0 Å². The van der Waals surface area contributed by atoms with Crippen molar-refractivity contribution >= 4 is 35.0 Å². The van der Waals surface area contributed by atoms with Crippen LogP contribution in [-0.4, -0.2) is 0 Å². The van der Waals surface area contributed by atoms with Crippen LogP contribution in [-0.2, 0) is 0 Å². The minimum Gasteiger partial charge on any atom is -0.147 e. The zero-order valence-electron chi connectivity index (χ0n) is 7.33. The third-order valence-electron chi connectivity index (χ3n) is 2.50. The lowest BCUT2D eigenvalue weighted by Gasteiger charge is -2.24. The van der Waals surface area contributed by atoms with E-state index in [1.807, 2.05) is 0 Å². The van der Waals surface area contributed by atoms with Crippen LogP contribution in [0.15, 0.2) is 42.5 Å². The zero-order valence-corrected chi connectivity index (χ0v) is 10.3. The summed E-state index contributed by atoms with van der Waals surface area (Å²) in [5.41, 5.74) is 5.64. The highest BCUT2D eigenvalue weighted by atomic mass is 127. The minimum absolute atomic E-state index is 0. The SMILES string of the molecule is Cl.Ic1cccc2c1-c1ccccc1-2. The Morgan fingerprint density at radius 2 is 1.36 bits per heavy atom. The van der Waals surface area contributed by atoms with Gasteiger partial charge in [-0.3, -0.25) is 0 Å². The molecule has 14 heavy (non-hydrogen) atoms. The highest BCUT2D eigenvalue weighted by Gasteiger charge is 2.22. The predicted molar refractivity (Wildman–Crippen MR) is 70.8 cm³/mol. The second-order valence-electron chi connectivity index (χ2n) is 3.21. The van der Waals surface area contributed by atoms with Gasteiger partial charge in [-0.2, -0.15) is 0 Å². The Morgan fingerprint density at radius 3 is 2.14 bits per heavy atom. The molecule has 2 aromatic rings. The molecule has 0 aliphatic heterocycles. The minimum atomic E-state index is 0. The molecule has 0 saturated carbocycles. The summed E-state index contributed by atoms with van der Waals surface area (Å²) >= 11 is 2.40. The molecule has 0 fully saturated rings.